The van der Waals surface area contributed by atoms with Crippen LogP contribution in [0.25, 0.3) is 6.08 Å². The number of nitrogens with one attached hydrogen (secondary N) is 1. The molecule has 1 heterocycles. The van der Waals surface area contributed by atoms with Crippen molar-refractivity contribution < 1.29 is 0 Å². The highest BCUT2D eigenvalue weighted by atomic mass is 14.8. The van der Waals surface area contributed by atoms with E-state index >= 15 is 0 Å². The zero-order valence-corrected chi connectivity index (χ0v) is 7.49. The molecule has 0 saturated carbocycles. The molecule has 12 heavy (non-hydrogen) atoms. The van der Waals surface area contributed by atoms with Gasteiger partial charge in [-0.2, -0.15) is 0 Å². The van der Waals surface area contributed by atoms with Gasteiger partial charge in [-0.05, 0) is 31.7 Å². The van der Waals surface area contributed by atoms with E-state index in [0.29, 0.717) is 6.04 Å². The Bertz CT molecular complexity index is 241. The van der Waals surface area contributed by atoms with Gasteiger partial charge in [0.25, 0.3) is 0 Å². The van der Waals surface area contributed by atoms with Gasteiger partial charge in [-0.3, -0.25) is 4.98 Å². The van der Waals surface area contributed by atoms with Gasteiger partial charge in [-0.25, -0.2) is 0 Å². The molecule has 1 N–H and O–H groups in total. The Hall–Kier alpha value is -1.15. The van der Waals surface area contributed by atoms with Crippen molar-refractivity contribution in [2.45, 2.75) is 13.0 Å². The fourth-order valence-electron chi connectivity index (χ4n) is 0.826. The number of aromatic nitrogens is 1. The molecule has 0 aliphatic carbocycles. The van der Waals surface area contributed by atoms with Gasteiger partial charge in [0.05, 0.1) is 0 Å². The summed E-state index contributed by atoms with van der Waals surface area (Å²) in [5.74, 6) is 0. The van der Waals surface area contributed by atoms with Crippen LogP contribution in [0.15, 0.2) is 30.6 Å². The molecule has 0 radical (unpaired) electrons. The molecule has 64 valence electrons. The monoisotopic (exact) mass is 162 g/mol. The van der Waals surface area contributed by atoms with Gasteiger partial charge in [-0.1, -0.05) is 12.2 Å². The Morgan fingerprint density at radius 1 is 1.42 bits per heavy atom. The number of likely N-dealkylation sites (N-methyl/N-ethyl adjacent to an activating group) is 1. The number of nitrogens with zero attached hydrogens (tertiary/aromatic N) is 1. The number of rotatable bonds is 3. The van der Waals surface area contributed by atoms with Crippen molar-refractivity contribution in [2.75, 3.05) is 7.05 Å². The molecule has 0 aromatic carbocycles. The SMILES string of the molecule is CNC(C)/C=C/c1ccncc1. The Kier molecular flexibility index (Phi) is 3.48. The number of pyridine rings is 1. The lowest BCUT2D eigenvalue weighted by Gasteiger charge is -2.01. The second kappa shape index (κ2) is 4.67. The van der Waals surface area contributed by atoms with Crippen LogP contribution in [0.3, 0.4) is 0 Å². The summed E-state index contributed by atoms with van der Waals surface area (Å²) >= 11 is 0. The first-order valence-electron chi connectivity index (χ1n) is 4.08. The van der Waals surface area contributed by atoms with Crippen LogP contribution in [0.4, 0.5) is 0 Å². The van der Waals surface area contributed by atoms with Crippen molar-refractivity contribution in [1.29, 1.82) is 0 Å². The van der Waals surface area contributed by atoms with Gasteiger partial charge in [0.1, 0.15) is 0 Å². The maximum atomic E-state index is 3.94. The highest BCUT2D eigenvalue weighted by Gasteiger charge is 1.88. The number of hydrogen-bond acceptors (Lipinski definition) is 2. The van der Waals surface area contributed by atoms with E-state index in [1.807, 2.05) is 19.2 Å². The van der Waals surface area contributed by atoms with Crippen molar-refractivity contribution in [2.24, 2.45) is 0 Å². The predicted octanol–water partition coefficient (Wildman–Crippen LogP) is 1.70. The molecule has 0 fully saturated rings. The molecule has 0 spiro atoms. The minimum absolute atomic E-state index is 0.415. The molecule has 1 atom stereocenters. The fourth-order valence-corrected chi connectivity index (χ4v) is 0.826. The fraction of sp³-hybridized carbons (Fsp3) is 0.300. The molecule has 0 saturated heterocycles. The zero-order valence-electron chi connectivity index (χ0n) is 7.49. The minimum atomic E-state index is 0.415. The Balaban J connectivity index is 2.58. The van der Waals surface area contributed by atoms with Crippen molar-refractivity contribution >= 4 is 6.08 Å². The maximum Gasteiger partial charge on any atom is 0.0273 e. The molecular weight excluding hydrogens is 148 g/mol. The molecule has 1 unspecified atom stereocenters. The smallest absolute Gasteiger partial charge is 0.0273 e. The molecule has 0 aliphatic rings. The largest absolute Gasteiger partial charge is 0.314 e. The molecule has 1 aromatic rings. The van der Waals surface area contributed by atoms with Crippen LogP contribution in [0, 0.1) is 0 Å². The Morgan fingerprint density at radius 2 is 2.08 bits per heavy atom. The maximum absolute atomic E-state index is 3.94. The van der Waals surface area contributed by atoms with Gasteiger partial charge >= 0.3 is 0 Å². The van der Waals surface area contributed by atoms with E-state index in [4.69, 9.17) is 0 Å². The van der Waals surface area contributed by atoms with Crippen LogP contribution >= 0.6 is 0 Å². The molecule has 1 rings (SSSR count). The molecule has 2 nitrogen and oxygen atoms in total. The third-order valence-electron chi connectivity index (χ3n) is 1.74. The van der Waals surface area contributed by atoms with Crippen LogP contribution in [0.1, 0.15) is 12.5 Å². The highest BCUT2D eigenvalue weighted by Crippen LogP contribution is 1.99. The number of hydrogen-bond donors (Lipinski definition) is 1. The van der Waals surface area contributed by atoms with E-state index < -0.39 is 0 Å². The van der Waals surface area contributed by atoms with E-state index in [2.05, 4.69) is 29.4 Å². The summed E-state index contributed by atoms with van der Waals surface area (Å²) in [6.07, 6.45) is 7.80. The Morgan fingerprint density at radius 3 is 2.67 bits per heavy atom. The minimum Gasteiger partial charge on any atom is -0.314 e. The standard InChI is InChI=1S/C10H14N2/c1-9(11-2)3-4-10-5-7-12-8-6-10/h3-9,11H,1-2H3/b4-3+. The third kappa shape index (κ3) is 2.84. The zero-order chi connectivity index (χ0) is 8.81. The lowest BCUT2D eigenvalue weighted by Crippen LogP contribution is -2.17. The van der Waals surface area contributed by atoms with Gasteiger partial charge in [0, 0.05) is 18.4 Å². The molecule has 0 amide bonds. The molecular formula is C10H14N2. The van der Waals surface area contributed by atoms with Crippen LogP contribution < -0.4 is 5.32 Å². The van der Waals surface area contributed by atoms with E-state index in [-0.39, 0.29) is 0 Å². The summed E-state index contributed by atoms with van der Waals surface area (Å²) in [4.78, 5) is 3.94. The summed E-state index contributed by atoms with van der Waals surface area (Å²) in [5, 5.41) is 3.13. The van der Waals surface area contributed by atoms with Crippen LogP contribution in [0.5, 0.6) is 0 Å². The molecule has 2 heteroatoms. The molecule has 1 aromatic heterocycles. The first-order chi connectivity index (χ1) is 5.83. The summed E-state index contributed by atoms with van der Waals surface area (Å²) < 4.78 is 0. The normalized spacial score (nSPS) is 13.5. The highest BCUT2D eigenvalue weighted by molar-refractivity contribution is 5.48. The van der Waals surface area contributed by atoms with Gasteiger partial charge in [0.2, 0.25) is 0 Å². The van der Waals surface area contributed by atoms with E-state index in [9.17, 15) is 0 Å². The second-order valence-electron chi connectivity index (χ2n) is 2.72. The molecule has 0 aliphatic heterocycles. The summed E-state index contributed by atoms with van der Waals surface area (Å²) in [6.45, 7) is 2.11. The lowest BCUT2D eigenvalue weighted by atomic mass is 10.2. The van der Waals surface area contributed by atoms with Crippen LogP contribution in [0.2, 0.25) is 0 Å². The lowest BCUT2D eigenvalue weighted by molar-refractivity contribution is 0.731. The predicted molar refractivity (Wildman–Crippen MR) is 51.8 cm³/mol. The molecule has 0 bridgehead atoms. The summed E-state index contributed by atoms with van der Waals surface area (Å²) in [5.41, 5.74) is 1.19. The van der Waals surface area contributed by atoms with E-state index in [1.165, 1.54) is 5.56 Å². The first-order valence-corrected chi connectivity index (χ1v) is 4.08. The van der Waals surface area contributed by atoms with Crippen LogP contribution in [-0.2, 0) is 0 Å². The van der Waals surface area contributed by atoms with E-state index in [1.54, 1.807) is 12.4 Å². The average Bonchev–Trinajstić information content (AvgIpc) is 2.16. The van der Waals surface area contributed by atoms with Crippen molar-refractivity contribution in [3.05, 3.63) is 36.2 Å². The summed E-state index contributed by atoms with van der Waals surface area (Å²) in [7, 11) is 1.95. The van der Waals surface area contributed by atoms with Gasteiger partial charge in [0.15, 0.2) is 0 Å². The topological polar surface area (TPSA) is 24.9 Å². The second-order valence-corrected chi connectivity index (χ2v) is 2.72. The Labute approximate surface area is 73.3 Å². The summed E-state index contributed by atoms with van der Waals surface area (Å²) in [6, 6.07) is 4.38. The third-order valence-corrected chi connectivity index (χ3v) is 1.74. The van der Waals surface area contributed by atoms with Crippen molar-refractivity contribution in [1.82, 2.24) is 10.3 Å². The van der Waals surface area contributed by atoms with Crippen molar-refractivity contribution in [3.63, 3.8) is 0 Å². The quantitative estimate of drug-likeness (QED) is 0.731. The van der Waals surface area contributed by atoms with Gasteiger partial charge < -0.3 is 5.32 Å². The van der Waals surface area contributed by atoms with E-state index in [0.717, 1.165) is 0 Å². The van der Waals surface area contributed by atoms with Gasteiger partial charge in [-0.15, -0.1) is 0 Å². The first kappa shape index (κ1) is 8.94. The van der Waals surface area contributed by atoms with Crippen LogP contribution in [-0.4, -0.2) is 18.1 Å². The van der Waals surface area contributed by atoms with Crippen molar-refractivity contribution in [3.8, 4) is 0 Å². The average molecular weight is 162 g/mol.